The van der Waals surface area contributed by atoms with Crippen molar-refractivity contribution in [3.05, 3.63) is 52.5 Å². The normalized spacial score (nSPS) is 14.6. The molecule has 8 nitrogen and oxygen atoms in total. The number of amides is 2. The zero-order valence-corrected chi connectivity index (χ0v) is 18.1. The summed E-state index contributed by atoms with van der Waals surface area (Å²) in [6, 6.07) is 9.52. The largest absolute Gasteiger partial charge is 0.383 e. The van der Waals surface area contributed by atoms with Crippen molar-refractivity contribution in [2.45, 2.75) is 19.4 Å². The summed E-state index contributed by atoms with van der Waals surface area (Å²) < 4.78 is 0. The van der Waals surface area contributed by atoms with Crippen molar-refractivity contribution in [3.63, 3.8) is 0 Å². The zero-order chi connectivity index (χ0) is 21.6. The van der Waals surface area contributed by atoms with Crippen molar-refractivity contribution in [1.29, 1.82) is 0 Å². The summed E-state index contributed by atoms with van der Waals surface area (Å²) >= 11 is 1.49. The van der Waals surface area contributed by atoms with Crippen LogP contribution in [0.4, 0.5) is 5.82 Å². The Labute approximate surface area is 185 Å². The van der Waals surface area contributed by atoms with Crippen LogP contribution in [0.5, 0.6) is 0 Å². The van der Waals surface area contributed by atoms with E-state index in [0.29, 0.717) is 56.2 Å². The Morgan fingerprint density at radius 1 is 1.10 bits per heavy atom. The molecule has 162 valence electrons. The van der Waals surface area contributed by atoms with Gasteiger partial charge in [-0.1, -0.05) is 12.1 Å². The number of para-hydroxylation sites is 1. The number of carbonyl (C=O) groups is 2. The van der Waals surface area contributed by atoms with E-state index in [2.05, 4.69) is 20.2 Å². The molecule has 1 saturated heterocycles. The molecule has 2 aromatic heterocycles. The van der Waals surface area contributed by atoms with Gasteiger partial charge in [0.1, 0.15) is 11.6 Å². The second kappa shape index (κ2) is 9.84. The van der Waals surface area contributed by atoms with Crippen molar-refractivity contribution < 1.29 is 9.59 Å². The number of nitrogens with one attached hydrogen (secondary N) is 1. The second-order valence-corrected chi connectivity index (χ2v) is 8.35. The summed E-state index contributed by atoms with van der Waals surface area (Å²) in [7, 11) is 0. The van der Waals surface area contributed by atoms with Crippen molar-refractivity contribution in [2.75, 3.05) is 38.5 Å². The number of nitrogens with two attached hydrogens (primary N) is 1. The van der Waals surface area contributed by atoms with E-state index in [1.807, 2.05) is 39.9 Å². The molecule has 1 aliphatic heterocycles. The highest BCUT2D eigenvalue weighted by molar-refractivity contribution is 7.08. The molecule has 0 bridgehead atoms. The first kappa shape index (κ1) is 21.2. The number of nitrogens with zero attached hydrogens (tertiary/aromatic N) is 4. The van der Waals surface area contributed by atoms with Gasteiger partial charge in [-0.3, -0.25) is 14.5 Å². The Bertz CT molecular complexity index is 1050. The van der Waals surface area contributed by atoms with Gasteiger partial charge in [-0.05, 0) is 30.0 Å². The molecular weight excluding hydrogens is 412 g/mol. The van der Waals surface area contributed by atoms with E-state index >= 15 is 0 Å². The highest BCUT2D eigenvalue weighted by Crippen LogP contribution is 2.18. The standard InChI is InChI=1S/C22H26N6O2S/c23-21-17-4-1-2-5-18(17)25-19(26-21)14-27-9-11-28(12-10-27)20(29)6-3-8-24-22(30)16-7-13-31-15-16/h1-2,4-5,7,13,15H,3,6,8-12,14H2,(H,24,30)(H2,23,25,26). The summed E-state index contributed by atoms with van der Waals surface area (Å²) in [5.41, 5.74) is 7.60. The van der Waals surface area contributed by atoms with Gasteiger partial charge >= 0.3 is 0 Å². The lowest BCUT2D eigenvalue weighted by Crippen LogP contribution is -2.48. The number of piperazine rings is 1. The van der Waals surface area contributed by atoms with Crippen molar-refractivity contribution >= 4 is 39.9 Å². The van der Waals surface area contributed by atoms with E-state index in [-0.39, 0.29) is 11.8 Å². The number of anilines is 1. The Morgan fingerprint density at radius 3 is 2.68 bits per heavy atom. The highest BCUT2D eigenvalue weighted by atomic mass is 32.1. The van der Waals surface area contributed by atoms with Crippen LogP contribution in [-0.4, -0.2) is 64.3 Å². The van der Waals surface area contributed by atoms with E-state index in [1.165, 1.54) is 11.3 Å². The molecule has 0 saturated carbocycles. The summed E-state index contributed by atoms with van der Waals surface area (Å²) in [4.78, 5) is 37.6. The van der Waals surface area contributed by atoms with Gasteiger partial charge in [0.05, 0.1) is 12.1 Å². The minimum Gasteiger partial charge on any atom is -0.383 e. The van der Waals surface area contributed by atoms with Crippen LogP contribution in [0.15, 0.2) is 41.1 Å². The fourth-order valence-electron chi connectivity index (χ4n) is 3.67. The average Bonchev–Trinajstić information content (AvgIpc) is 3.32. The SMILES string of the molecule is Nc1nc(CN2CCN(C(=O)CCCNC(=O)c3ccsc3)CC2)nc2ccccc12. The predicted molar refractivity (Wildman–Crippen MR) is 122 cm³/mol. The molecule has 0 atom stereocenters. The molecular formula is C22H26N6O2S. The lowest BCUT2D eigenvalue weighted by Gasteiger charge is -2.34. The maximum Gasteiger partial charge on any atom is 0.252 e. The fourth-order valence-corrected chi connectivity index (χ4v) is 4.31. The molecule has 9 heteroatoms. The first-order valence-electron chi connectivity index (χ1n) is 10.4. The van der Waals surface area contributed by atoms with Crippen LogP contribution >= 0.6 is 11.3 Å². The number of fused-ring (bicyclic) bond motifs is 1. The summed E-state index contributed by atoms with van der Waals surface area (Å²) in [5.74, 6) is 1.26. The van der Waals surface area contributed by atoms with Gasteiger partial charge in [-0.15, -0.1) is 0 Å². The number of nitrogen functional groups attached to an aromatic ring is 1. The monoisotopic (exact) mass is 438 g/mol. The van der Waals surface area contributed by atoms with Gasteiger partial charge in [0.2, 0.25) is 5.91 Å². The minimum atomic E-state index is -0.0844. The molecule has 3 aromatic rings. The first-order valence-corrected chi connectivity index (χ1v) is 11.4. The third-order valence-electron chi connectivity index (χ3n) is 5.41. The third kappa shape index (κ3) is 5.36. The molecule has 2 amide bonds. The molecule has 0 radical (unpaired) electrons. The van der Waals surface area contributed by atoms with E-state index < -0.39 is 0 Å². The number of carbonyl (C=O) groups excluding carboxylic acids is 2. The highest BCUT2D eigenvalue weighted by Gasteiger charge is 2.21. The van der Waals surface area contributed by atoms with Crippen LogP contribution < -0.4 is 11.1 Å². The Kier molecular flexibility index (Phi) is 6.73. The summed E-state index contributed by atoms with van der Waals surface area (Å²) in [6.07, 6.45) is 1.08. The molecule has 0 unspecified atom stereocenters. The van der Waals surface area contributed by atoms with E-state index in [9.17, 15) is 9.59 Å². The van der Waals surface area contributed by atoms with Crippen LogP contribution in [0.3, 0.4) is 0 Å². The van der Waals surface area contributed by atoms with Gasteiger partial charge < -0.3 is 16.0 Å². The summed E-state index contributed by atoms with van der Waals surface area (Å²) in [5, 5.41) is 7.42. The topological polar surface area (TPSA) is 104 Å². The number of aromatic nitrogens is 2. The van der Waals surface area contributed by atoms with Crippen LogP contribution in [-0.2, 0) is 11.3 Å². The fraction of sp³-hybridized carbons (Fsp3) is 0.364. The van der Waals surface area contributed by atoms with Crippen LogP contribution in [0, 0.1) is 0 Å². The molecule has 3 heterocycles. The van der Waals surface area contributed by atoms with Gasteiger partial charge in [0, 0.05) is 55.5 Å². The maximum absolute atomic E-state index is 12.5. The number of hydrogen-bond acceptors (Lipinski definition) is 7. The minimum absolute atomic E-state index is 0.0844. The average molecular weight is 439 g/mol. The molecule has 1 aromatic carbocycles. The van der Waals surface area contributed by atoms with Crippen molar-refractivity contribution in [2.24, 2.45) is 0 Å². The van der Waals surface area contributed by atoms with Crippen LogP contribution in [0.25, 0.3) is 10.9 Å². The molecule has 0 aliphatic carbocycles. The lowest BCUT2D eigenvalue weighted by atomic mass is 10.2. The number of hydrogen-bond donors (Lipinski definition) is 2. The van der Waals surface area contributed by atoms with Crippen LogP contribution in [0.2, 0.25) is 0 Å². The molecule has 4 rings (SSSR count). The lowest BCUT2D eigenvalue weighted by molar-refractivity contribution is -0.133. The van der Waals surface area contributed by atoms with Crippen LogP contribution in [0.1, 0.15) is 29.0 Å². The number of benzene rings is 1. The third-order valence-corrected chi connectivity index (χ3v) is 6.09. The predicted octanol–water partition coefficient (Wildman–Crippen LogP) is 2.13. The van der Waals surface area contributed by atoms with E-state index in [1.54, 1.807) is 6.07 Å². The molecule has 0 spiro atoms. The number of rotatable bonds is 7. The number of thiophene rings is 1. The van der Waals surface area contributed by atoms with Gasteiger partial charge in [0.15, 0.2) is 0 Å². The molecule has 3 N–H and O–H groups in total. The van der Waals surface area contributed by atoms with Gasteiger partial charge in [-0.2, -0.15) is 11.3 Å². The van der Waals surface area contributed by atoms with Gasteiger partial charge in [-0.25, -0.2) is 9.97 Å². The maximum atomic E-state index is 12.5. The second-order valence-electron chi connectivity index (χ2n) is 7.57. The Hall–Kier alpha value is -3.04. The molecule has 1 aliphatic rings. The Balaban J connectivity index is 1.20. The van der Waals surface area contributed by atoms with Crippen molar-refractivity contribution in [1.82, 2.24) is 25.1 Å². The first-order chi connectivity index (χ1) is 15.1. The Morgan fingerprint density at radius 2 is 1.90 bits per heavy atom. The van der Waals surface area contributed by atoms with E-state index in [4.69, 9.17) is 5.73 Å². The molecule has 31 heavy (non-hydrogen) atoms. The zero-order valence-electron chi connectivity index (χ0n) is 17.3. The van der Waals surface area contributed by atoms with Crippen molar-refractivity contribution in [3.8, 4) is 0 Å². The smallest absolute Gasteiger partial charge is 0.252 e. The van der Waals surface area contributed by atoms with E-state index in [0.717, 1.165) is 24.0 Å². The quantitative estimate of drug-likeness (QED) is 0.548. The molecule has 1 fully saturated rings. The summed E-state index contributed by atoms with van der Waals surface area (Å²) in [6.45, 7) is 4.03. The van der Waals surface area contributed by atoms with Gasteiger partial charge in [0.25, 0.3) is 5.91 Å².